The molecule has 1 saturated carbocycles. The quantitative estimate of drug-likeness (QED) is 0.750. The van der Waals surface area contributed by atoms with Gasteiger partial charge in [-0.25, -0.2) is 0 Å². The van der Waals surface area contributed by atoms with E-state index in [2.05, 4.69) is 21.2 Å². The van der Waals surface area contributed by atoms with Gasteiger partial charge in [0, 0.05) is 19.0 Å². The van der Waals surface area contributed by atoms with Crippen LogP contribution in [0.2, 0.25) is 0 Å². The van der Waals surface area contributed by atoms with Crippen LogP contribution in [0.3, 0.4) is 0 Å². The molecule has 0 radical (unpaired) electrons. The number of halogens is 1. The summed E-state index contributed by atoms with van der Waals surface area (Å²) in [5.74, 6) is 0.0981. The molecule has 1 N–H and O–H groups in total. The maximum atomic E-state index is 11.4. The van der Waals surface area contributed by atoms with Gasteiger partial charge in [-0.05, 0) is 19.3 Å². The van der Waals surface area contributed by atoms with Crippen LogP contribution in [-0.2, 0) is 9.53 Å². The van der Waals surface area contributed by atoms with Crippen molar-refractivity contribution in [3.8, 4) is 0 Å². The summed E-state index contributed by atoms with van der Waals surface area (Å²) in [4.78, 5) is 11.4. The van der Waals surface area contributed by atoms with E-state index in [4.69, 9.17) is 4.74 Å². The van der Waals surface area contributed by atoms with E-state index in [0.29, 0.717) is 13.0 Å². The molecular formula is C9H16BrNO2. The van der Waals surface area contributed by atoms with E-state index in [1.165, 1.54) is 6.42 Å². The van der Waals surface area contributed by atoms with Crippen molar-refractivity contribution in [3.05, 3.63) is 0 Å². The molecule has 0 aromatic heterocycles. The molecule has 0 spiro atoms. The van der Waals surface area contributed by atoms with Crippen LogP contribution in [0.5, 0.6) is 0 Å². The SMILES string of the molecule is COC1(CC(=O)NCCBr)CCC1. The Balaban J connectivity index is 2.25. The average Bonchev–Trinajstić information content (AvgIpc) is 2.08. The molecule has 3 nitrogen and oxygen atoms in total. The van der Waals surface area contributed by atoms with Gasteiger partial charge in [0.2, 0.25) is 5.91 Å². The number of ether oxygens (including phenoxy) is 1. The van der Waals surface area contributed by atoms with Crippen molar-refractivity contribution >= 4 is 21.8 Å². The zero-order valence-electron chi connectivity index (χ0n) is 7.94. The van der Waals surface area contributed by atoms with Gasteiger partial charge in [0.05, 0.1) is 12.0 Å². The highest BCUT2D eigenvalue weighted by Gasteiger charge is 2.38. The van der Waals surface area contributed by atoms with Crippen molar-refractivity contribution in [1.82, 2.24) is 5.32 Å². The minimum Gasteiger partial charge on any atom is -0.378 e. The van der Waals surface area contributed by atoms with Crippen LogP contribution in [0.1, 0.15) is 25.7 Å². The molecule has 4 heteroatoms. The van der Waals surface area contributed by atoms with E-state index in [0.717, 1.165) is 18.2 Å². The van der Waals surface area contributed by atoms with E-state index < -0.39 is 0 Å². The summed E-state index contributed by atoms with van der Waals surface area (Å²) in [5, 5.41) is 3.63. The lowest BCUT2D eigenvalue weighted by Crippen LogP contribution is -2.44. The van der Waals surface area contributed by atoms with Crippen LogP contribution >= 0.6 is 15.9 Å². The van der Waals surface area contributed by atoms with E-state index in [9.17, 15) is 4.79 Å². The number of methoxy groups -OCH3 is 1. The Hall–Kier alpha value is -0.0900. The molecule has 0 saturated heterocycles. The third-order valence-corrected chi connectivity index (χ3v) is 2.99. The summed E-state index contributed by atoms with van der Waals surface area (Å²) in [6, 6.07) is 0. The van der Waals surface area contributed by atoms with Crippen LogP contribution < -0.4 is 5.32 Å². The summed E-state index contributed by atoms with van der Waals surface area (Å²) in [6.45, 7) is 0.693. The molecule has 1 fully saturated rings. The first kappa shape index (κ1) is 11.0. The van der Waals surface area contributed by atoms with Crippen molar-refractivity contribution in [1.29, 1.82) is 0 Å². The molecule has 0 heterocycles. The largest absolute Gasteiger partial charge is 0.378 e. The Labute approximate surface area is 87.3 Å². The molecule has 76 valence electrons. The van der Waals surface area contributed by atoms with Crippen LogP contribution in [0.15, 0.2) is 0 Å². The fourth-order valence-corrected chi connectivity index (χ4v) is 1.76. The Kier molecular flexibility index (Phi) is 4.19. The summed E-state index contributed by atoms with van der Waals surface area (Å²) >= 11 is 3.26. The molecule has 0 atom stereocenters. The second-order valence-electron chi connectivity index (χ2n) is 3.46. The first-order valence-electron chi connectivity index (χ1n) is 4.60. The van der Waals surface area contributed by atoms with E-state index >= 15 is 0 Å². The number of alkyl halides is 1. The normalized spacial score (nSPS) is 19.2. The average molecular weight is 250 g/mol. The minimum atomic E-state index is -0.142. The van der Waals surface area contributed by atoms with Crippen LogP contribution in [0.4, 0.5) is 0 Å². The zero-order valence-corrected chi connectivity index (χ0v) is 9.52. The third-order valence-electron chi connectivity index (χ3n) is 2.60. The maximum Gasteiger partial charge on any atom is 0.222 e. The van der Waals surface area contributed by atoms with Gasteiger partial charge in [0.1, 0.15) is 0 Å². The molecule has 0 bridgehead atoms. The Morgan fingerprint density at radius 2 is 2.31 bits per heavy atom. The topological polar surface area (TPSA) is 38.3 Å². The summed E-state index contributed by atoms with van der Waals surface area (Å²) in [7, 11) is 1.69. The number of nitrogens with one attached hydrogen (secondary N) is 1. The maximum absolute atomic E-state index is 11.4. The van der Waals surface area contributed by atoms with Gasteiger partial charge < -0.3 is 10.1 Å². The first-order chi connectivity index (χ1) is 6.22. The minimum absolute atomic E-state index is 0.0981. The van der Waals surface area contributed by atoms with Gasteiger partial charge in [-0.15, -0.1) is 0 Å². The molecule has 1 aliphatic carbocycles. The molecule has 1 amide bonds. The fraction of sp³-hybridized carbons (Fsp3) is 0.889. The molecule has 1 rings (SSSR count). The highest BCUT2D eigenvalue weighted by Crippen LogP contribution is 2.37. The molecular weight excluding hydrogens is 234 g/mol. The lowest BCUT2D eigenvalue weighted by atomic mass is 9.77. The Morgan fingerprint density at radius 3 is 2.69 bits per heavy atom. The number of rotatable bonds is 5. The third kappa shape index (κ3) is 2.95. The Bertz CT molecular complexity index is 175. The van der Waals surface area contributed by atoms with Gasteiger partial charge in [0.15, 0.2) is 0 Å². The van der Waals surface area contributed by atoms with Gasteiger partial charge in [0.25, 0.3) is 0 Å². The van der Waals surface area contributed by atoms with Crippen molar-refractivity contribution in [2.24, 2.45) is 0 Å². The number of carbonyl (C=O) groups excluding carboxylic acids is 1. The number of hydrogen-bond acceptors (Lipinski definition) is 2. The molecule has 0 aliphatic heterocycles. The van der Waals surface area contributed by atoms with Crippen molar-refractivity contribution in [2.45, 2.75) is 31.3 Å². The second kappa shape index (κ2) is 4.96. The first-order valence-corrected chi connectivity index (χ1v) is 5.72. The number of amides is 1. The van der Waals surface area contributed by atoms with Crippen LogP contribution in [-0.4, -0.2) is 30.5 Å². The molecule has 0 aromatic rings. The summed E-state index contributed by atoms with van der Waals surface area (Å²) in [5.41, 5.74) is -0.142. The predicted octanol–water partition coefficient (Wildman–Crippen LogP) is 1.46. The standard InChI is InChI=1S/C9H16BrNO2/c1-13-9(3-2-4-9)7-8(12)11-6-5-10/h2-7H2,1H3,(H,11,12). The zero-order chi connectivity index (χ0) is 9.73. The highest BCUT2D eigenvalue weighted by atomic mass is 79.9. The molecule has 1 aliphatic rings. The smallest absolute Gasteiger partial charge is 0.222 e. The van der Waals surface area contributed by atoms with E-state index in [1.807, 2.05) is 0 Å². The van der Waals surface area contributed by atoms with Crippen molar-refractivity contribution in [2.75, 3.05) is 19.0 Å². The lowest BCUT2D eigenvalue weighted by molar-refractivity contribution is -0.134. The van der Waals surface area contributed by atoms with Crippen molar-refractivity contribution in [3.63, 3.8) is 0 Å². The number of carbonyl (C=O) groups is 1. The monoisotopic (exact) mass is 249 g/mol. The van der Waals surface area contributed by atoms with Crippen LogP contribution in [0, 0.1) is 0 Å². The van der Waals surface area contributed by atoms with Gasteiger partial charge in [-0.3, -0.25) is 4.79 Å². The number of hydrogen-bond donors (Lipinski definition) is 1. The van der Waals surface area contributed by atoms with Crippen molar-refractivity contribution < 1.29 is 9.53 Å². The van der Waals surface area contributed by atoms with Gasteiger partial charge >= 0.3 is 0 Å². The molecule has 0 aromatic carbocycles. The fourth-order valence-electron chi connectivity index (χ4n) is 1.57. The lowest BCUT2D eigenvalue weighted by Gasteiger charge is -2.39. The van der Waals surface area contributed by atoms with Crippen LogP contribution in [0.25, 0.3) is 0 Å². The Morgan fingerprint density at radius 1 is 1.62 bits per heavy atom. The summed E-state index contributed by atoms with van der Waals surface area (Å²) in [6.07, 6.45) is 3.73. The predicted molar refractivity (Wildman–Crippen MR) is 55.0 cm³/mol. The second-order valence-corrected chi connectivity index (χ2v) is 4.25. The highest BCUT2D eigenvalue weighted by molar-refractivity contribution is 9.09. The van der Waals surface area contributed by atoms with Gasteiger partial charge in [-0.1, -0.05) is 15.9 Å². The molecule has 0 unspecified atom stereocenters. The molecule has 13 heavy (non-hydrogen) atoms. The summed E-state index contributed by atoms with van der Waals surface area (Å²) < 4.78 is 5.35. The van der Waals surface area contributed by atoms with E-state index in [-0.39, 0.29) is 11.5 Å². The van der Waals surface area contributed by atoms with Gasteiger partial charge in [-0.2, -0.15) is 0 Å². The van der Waals surface area contributed by atoms with E-state index in [1.54, 1.807) is 7.11 Å².